The number of carbonyl (C=O) groups is 1. The lowest BCUT2D eigenvalue weighted by Crippen LogP contribution is -2.31. The molecule has 0 unspecified atom stereocenters. The van der Waals surface area contributed by atoms with Crippen LogP contribution in [0.25, 0.3) is 0 Å². The van der Waals surface area contributed by atoms with Gasteiger partial charge >= 0.3 is 0 Å². The molecule has 0 spiro atoms. The van der Waals surface area contributed by atoms with E-state index in [0.29, 0.717) is 12.2 Å². The Morgan fingerprint density at radius 1 is 1.24 bits per heavy atom. The van der Waals surface area contributed by atoms with Crippen LogP contribution in [0.2, 0.25) is 0 Å². The normalized spacial score (nSPS) is 15.9. The molecule has 5 nitrogen and oxygen atoms in total. The van der Waals surface area contributed by atoms with Crippen LogP contribution in [0, 0.1) is 12.7 Å². The quantitative estimate of drug-likeness (QED) is 0.896. The number of nitrogens with zero attached hydrogens (tertiary/aromatic N) is 2. The van der Waals surface area contributed by atoms with Gasteiger partial charge in [-0.3, -0.25) is 4.79 Å². The highest BCUT2D eigenvalue weighted by Gasteiger charge is 2.17. The SMILES string of the molecule is Cc1cc[nH]c1C(=O)NCc1cc(F)ccc1N1CCCN(C)CC1. The Kier molecular flexibility index (Phi) is 5.38. The molecule has 1 amide bonds. The second-order valence-electron chi connectivity index (χ2n) is 6.64. The van der Waals surface area contributed by atoms with Gasteiger partial charge in [-0.05, 0) is 62.3 Å². The summed E-state index contributed by atoms with van der Waals surface area (Å²) >= 11 is 0. The third-order valence-corrected chi connectivity index (χ3v) is 4.72. The van der Waals surface area contributed by atoms with Gasteiger partial charge in [0.15, 0.2) is 0 Å². The average Bonchev–Trinajstić information content (AvgIpc) is 2.90. The van der Waals surface area contributed by atoms with Crippen LogP contribution in [0.5, 0.6) is 0 Å². The van der Waals surface area contributed by atoms with Gasteiger partial charge in [0.1, 0.15) is 11.5 Å². The van der Waals surface area contributed by atoms with Crippen molar-refractivity contribution in [2.24, 2.45) is 0 Å². The van der Waals surface area contributed by atoms with E-state index >= 15 is 0 Å². The Hall–Kier alpha value is -2.34. The summed E-state index contributed by atoms with van der Waals surface area (Å²) in [5.74, 6) is -0.454. The van der Waals surface area contributed by atoms with Gasteiger partial charge in [-0.25, -0.2) is 4.39 Å². The first-order valence-electron chi connectivity index (χ1n) is 8.68. The number of nitrogens with one attached hydrogen (secondary N) is 2. The van der Waals surface area contributed by atoms with Crippen molar-refractivity contribution in [3.8, 4) is 0 Å². The number of aromatic amines is 1. The highest BCUT2D eigenvalue weighted by Crippen LogP contribution is 2.23. The summed E-state index contributed by atoms with van der Waals surface area (Å²) in [6, 6.07) is 6.69. The monoisotopic (exact) mass is 344 g/mol. The molecule has 0 aliphatic carbocycles. The average molecular weight is 344 g/mol. The lowest BCUT2D eigenvalue weighted by atomic mass is 10.1. The number of halogens is 1. The molecule has 0 bridgehead atoms. The number of H-pyrrole nitrogens is 1. The van der Waals surface area contributed by atoms with Crippen molar-refractivity contribution in [2.75, 3.05) is 38.1 Å². The van der Waals surface area contributed by atoms with Crippen LogP contribution >= 0.6 is 0 Å². The largest absolute Gasteiger partial charge is 0.370 e. The minimum atomic E-state index is -0.281. The van der Waals surface area contributed by atoms with Crippen LogP contribution in [-0.2, 0) is 6.54 Å². The van der Waals surface area contributed by atoms with Gasteiger partial charge in [-0.1, -0.05) is 0 Å². The fourth-order valence-electron chi connectivity index (χ4n) is 3.25. The standard InChI is InChI=1S/C19H25FN4O/c1-14-6-7-21-18(14)19(25)22-13-15-12-16(20)4-5-17(15)24-9-3-8-23(2)10-11-24/h4-7,12,21H,3,8-11,13H2,1-2H3,(H,22,25). The smallest absolute Gasteiger partial charge is 0.268 e. The van der Waals surface area contributed by atoms with Crippen LogP contribution in [0.15, 0.2) is 30.5 Å². The number of aryl methyl sites for hydroxylation is 1. The Bertz CT molecular complexity index is 743. The number of hydrogen-bond acceptors (Lipinski definition) is 3. The minimum absolute atomic E-state index is 0.173. The predicted molar refractivity (Wildman–Crippen MR) is 97.4 cm³/mol. The molecule has 1 aromatic heterocycles. The number of aromatic nitrogens is 1. The van der Waals surface area contributed by atoms with E-state index < -0.39 is 0 Å². The highest BCUT2D eigenvalue weighted by molar-refractivity contribution is 5.93. The van der Waals surface area contributed by atoms with Crippen LogP contribution < -0.4 is 10.2 Å². The third kappa shape index (κ3) is 4.20. The summed E-state index contributed by atoms with van der Waals surface area (Å²) in [7, 11) is 2.12. The van der Waals surface area contributed by atoms with Crippen molar-refractivity contribution in [3.63, 3.8) is 0 Å². The van der Waals surface area contributed by atoms with E-state index in [2.05, 4.69) is 27.1 Å². The molecule has 3 rings (SSSR count). The zero-order valence-corrected chi connectivity index (χ0v) is 14.8. The maximum atomic E-state index is 13.8. The molecule has 1 aliphatic heterocycles. The predicted octanol–water partition coefficient (Wildman–Crippen LogP) is 2.53. The number of carbonyl (C=O) groups excluding carboxylic acids is 1. The summed E-state index contributed by atoms with van der Waals surface area (Å²) in [5, 5.41) is 2.90. The maximum Gasteiger partial charge on any atom is 0.268 e. The van der Waals surface area contributed by atoms with E-state index in [0.717, 1.165) is 49.4 Å². The minimum Gasteiger partial charge on any atom is -0.370 e. The summed E-state index contributed by atoms with van der Waals surface area (Å²) in [6.07, 6.45) is 2.81. The zero-order valence-electron chi connectivity index (χ0n) is 14.8. The second-order valence-corrected chi connectivity index (χ2v) is 6.64. The Morgan fingerprint density at radius 2 is 2.08 bits per heavy atom. The van der Waals surface area contributed by atoms with E-state index in [9.17, 15) is 9.18 Å². The van der Waals surface area contributed by atoms with Gasteiger partial charge in [0.05, 0.1) is 0 Å². The van der Waals surface area contributed by atoms with Gasteiger partial charge < -0.3 is 20.1 Å². The first-order chi connectivity index (χ1) is 12.0. The molecule has 6 heteroatoms. The van der Waals surface area contributed by atoms with Crippen LogP contribution in [0.4, 0.5) is 10.1 Å². The van der Waals surface area contributed by atoms with Crippen molar-refractivity contribution in [1.29, 1.82) is 0 Å². The molecule has 1 fully saturated rings. The summed E-state index contributed by atoms with van der Waals surface area (Å²) in [6.45, 7) is 6.07. The molecule has 1 aromatic carbocycles. The number of benzene rings is 1. The molecular weight excluding hydrogens is 319 g/mol. The Labute approximate surface area is 147 Å². The first kappa shape index (κ1) is 17.5. The van der Waals surface area contributed by atoms with Crippen molar-refractivity contribution in [1.82, 2.24) is 15.2 Å². The van der Waals surface area contributed by atoms with Crippen molar-refractivity contribution in [3.05, 3.63) is 53.1 Å². The Morgan fingerprint density at radius 3 is 2.84 bits per heavy atom. The molecule has 25 heavy (non-hydrogen) atoms. The van der Waals surface area contributed by atoms with Crippen molar-refractivity contribution >= 4 is 11.6 Å². The van der Waals surface area contributed by atoms with Crippen LogP contribution in [0.1, 0.15) is 28.0 Å². The van der Waals surface area contributed by atoms with Gasteiger partial charge in [0, 0.05) is 38.1 Å². The molecule has 1 saturated heterocycles. The maximum absolute atomic E-state index is 13.8. The highest BCUT2D eigenvalue weighted by atomic mass is 19.1. The van der Waals surface area contributed by atoms with E-state index in [1.165, 1.54) is 12.1 Å². The zero-order chi connectivity index (χ0) is 17.8. The molecule has 134 valence electrons. The lowest BCUT2D eigenvalue weighted by molar-refractivity contribution is 0.0946. The van der Waals surface area contributed by atoms with Gasteiger partial charge in [-0.15, -0.1) is 0 Å². The Balaban J connectivity index is 1.75. The fourth-order valence-corrected chi connectivity index (χ4v) is 3.25. The summed E-state index contributed by atoms with van der Waals surface area (Å²) < 4.78 is 13.8. The number of anilines is 1. The van der Waals surface area contributed by atoms with Gasteiger partial charge in [0.25, 0.3) is 5.91 Å². The molecule has 0 radical (unpaired) electrons. The molecular formula is C19H25FN4O. The summed E-state index contributed by atoms with van der Waals surface area (Å²) in [4.78, 5) is 19.8. The molecule has 2 aromatic rings. The van der Waals surface area contributed by atoms with E-state index in [1.54, 1.807) is 6.20 Å². The van der Waals surface area contributed by atoms with Crippen molar-refractivity contribution in [2.45, 2.75) is 19.9 Å². The summed E-state index contributed by atoms with van der Waals surface area (Å²) in [5.41, 5.74) is 3.25. The van der Waals surface area contributed by atoms with E-state index in [4.69, 9.17) is 0 Å². The van der Waals surface area contributed by atoms with Gasteiger partial charge in [0.2, 0.25) is 0 Å². The fraction of sp³-hybridized carbons (Fsp3) is 0.421. The number of hydrogen-bond donors (Lipinski definition) is 2. The number of amides is 1. The molecule has 0 atom stereocenters. The van der Waals surface area contributed by atoms with E-state index in [1.807, 2.05) is 19.1 Å². The lowest BCUT2D eigenvalue weighted by Gasteiger charge is -2.25. The van der Waals surface area contributed by atoms with Gasteiger partial charge in [-0.2, -0.15) is 0 Å². The molecule has 0 saturated carbocycles. The third-order valence-electron chi connectivity index (χ3n) is 4.72. The van der Waals surface area contributed by atoms with Crippen molar-refractivity contribution < 1.29 is 9.18 Å². The molecule has 2 heterocycles. The number of rotatable bonds is 4. The first-order valence-corrected chi connectivity index (χ1v) is 8.68. The van der Waals surface area contributed by atoms with Crippen LogP contribution in [0.3, 0.4) is 0 Å². The molecule has 2 N–H and O–H groups in total. The second kappa shape index (κ2) is 7.70. The van der Waals surface area contributed by atoms with Crippen LogP contribution in [-0.4, -0.2) is 49.0 Å². The number of likely N-dealkylation sites (N-methyl/N-ethyl adjacent to an activating group) is 1. The topological polar surface area (TPSA) is 51.4 Å². The van der Waals surface area contributed by atoms with E-state index in [-0.39, 0.29) is 11.7 Å². The molecule has 1 aliphatic rings.